The second-order valence-corrected chi connectivity index (χ2v) is 6.35. The average molecular weight is 275 g/mol. The number of ether oxygens (including phenoxy) is 1. The molecular formula is C17H25NO2. The number of nitrogens with zero attached hydrogens (tertiary/aromatic N) is 1. The van der Waals surface area contributed by atoms with Gasteiger partial charge in [-0.2, -0.15) is 0 Å². The van der Waals surface area contributed by atoms with Gasteiger partial charge in [-0.15, -0.1) is 0 Å². The van der Waals surface area contributed by atoms with Crippen molar-refractivity contribution < 1.29 is 9.53 Å². The third kappa shape index (κ3) is 3.90. The zero-order valence-corrected chi connectivity index (χ0v) is 12.8. The maximum absolute atomic E-state index is 12.6. The molecule has 1 aromatic carbocycles. The van der Waals surface area contributed by atoms with Gasteiger partial charge in [-0.25, -0.2) is 0 Å². The van der Waals surface area contributed by atoms with Crippen LogP contribution in [0.1, 0.15) is 37.6 Å². The molecule has 3 nitrogen and oxygen atoms in total. The van der Waals surface area contributed by atoms with Gasteiger partial charge >= 0.3 is 0 Å². The standard InChI is InChI=1S/C17H25NO2/c1-14-12-18(10-7-11-20-14)13-17(2,3)16(19)15-8-5-4-6-9-15/h4-6,8-9,14H,7,10-13H2,1-3H3. The normalized spacial score (nSPS) is 21.4. The molecule has 1 saturated heterocycles. The van der Waals surface area contributed by atoms with Gasteiger partial charge in [-0.05, 0) is 13.3 Å². The number of hydrogen-bond acceptors (Lipinski definition) is 3. The van der Waals surface area contributed by atoms with Gasteiger partial charge in [0, 0.05) is 37.2 Å². The van der Waals surface area contributed by atoms with Crippen LogP contribution in [0.3, 0.4) is 0 Å². The van der Waals surface area contributed by atoms with Crippen molar-refractivity contribution in [3.63, 3.8) is 0 Å². The molecule has 0 aromatic heterocycles. The Kier molecular flexibility index (Phi) is 4.95. The summed E-state index contributed by atoms with van der Waals surface area (Å²) in [6.07, 6.45) is 1.29. The number of Topliss-reactive ketones (excluding diaryl/α,β-unsaturated/α-hetero) is 1. The van der Waals surface area contributed by atoms with E-state index in [2.05, 4.69) is 11.8 Å². The Labute approximate surface area is 121 Å². The van der Waals surface area contributed by atoms with Crippen LogP contribution < -0.4 is 0 Å². The Bertz CT molecular complexity index is 442. The van der Waals surface area contributed by atoms with E-state index in [-0.39, 0.29) is 17.3 Å². The molecule has 0 radical (unpaired) electrons. The van der Waals surface area contributed by atoms with E-state index in [1.165, 1.54) is 0 Å². The average Bonchev–Trinajstić information content (AvgIpc) is 2.62. The highest BCUT2D eigenvalue weighted by molar-refractivity contribution is 6.00. The zero-order valence-electron chi connectivity index (χ0n) is 12.8. The summed E-state index contributed by atoms with van der Waals surface area (Å²) in [4.78, 5) is 15.0. The molecular weight excluding hydrogens is 250 g/mol. The number of carbonyl (C=O) groups is 1. The molecule has 1 fully saturated rings. The van der Waals surface area contributed by atoms with Gasteiger partial charge in [-0.1, -0.05) is 44.2 Å². The zero-order chi connectivity index (χ0) is 14.6. The van der Waals surface area contributed by atoms with Crippen molar-refractivity contribution in [1.82, 2.24) is 4.90 Å². The van der Waals surface area contributed by atoms with E-state index in [0.29, 0.717) is 0 Å². The first-order valence-corrected chi connectivity index (χ1v) is 7.43. The van der Waals surface area contributed by atoms with E-state index in [1.54, 1.807) is 0 Å². The molecule has 0 amide bonds. The van der Waals surface area contributed by atoms with Crippen molar-refractivity contribution in [2.45, 2.75) is 33.3 Å². The van der Waals surface area contributed by atoms with Crippen LogP contribution in [0.2, 0.25) is 0 Å². The van der Waals surface area contributed by atoms with Crippen LogP contribution in [-0.4, -0.2) is 43.0 Å². The number of rotatable bonds is 4. The van der Waals surface area contributed by atoms with Gasteiger partial charge in [0.2, 0.25) is 0 Å². The highest BCUT2D eigenvalue weighted by atomic mass is 16.5. The fourth-order valence-electron chi connectivity index (χ4n) is 2.83. The van der Waals surface area contributed by atoms with Gasteiger partial charge in [-0.3, -0.25) is 9.69 Å². The summed E-state index contributed by atoms with van der Waals surface area (Å²) in [5, 5.41) is 0. The number of ketones is 1. The third-order valence-electron chi connectivity index (χ3n) is 3.81. The van der Waals surface area contributed by atoms with Crippen molar-refractivity contribution in [3.05, 3.63) is 35.9 Å². The van der Waals surface area contributed by atoms with E-state index in [0.717, 1.165) is 38.2 Å². The second-order valence-electron chi connectivity index (χ2n) is 6.35. The van der Waals surface area contributed by atoms with Crippen molar-refractivity contribution in [3.8, 4) is 0 Å². The molecule has 0 saturated carbocycles. The van der Waals surface area contributed by atoms with Gasteiger partial charge in [0.15, 0.2) is 5.78 Å². The van der Waals surface area contributed by atoms with Gasteiger partial charge < -0.3 is 4.74 Å². The number of benzene rings is 1. The number of carbonyl (C=O) groups excluding carboxylic acids is 1. The summed E-state index contributed by atoms with van der Waals surface area (Å²) in [7, 11) is 0. The summed E-state index contributed by atoms with van der Waals surface area (Å²) in [6, 6.07) is 9.59. The smallest absolute Gasteiger partial charge is 0.169 e. The molecule has 1 unspecified atom stereocenters. The topological polar surface area (TPSA) is 29.5 Å². The molecule has 1 atom stereocenters. The largest absolute Gasteiger partial charge is 0.377 e. The molecule has 20 heavy (non-hydrogen) atoms. The SMILES string of the molecule is CC1CN(CC(C)(C)C(=O)c2ccccc2)CCCO1. The minimum Gasteiger partial charge on any atom is -0.377 e. The maximum Gasteiger partial charge on any atom is 0.169 e. The summed E-state index contributed by atoms with van der Waals surface area (Å²) < 4.78 is 5.67. The summed E-state index contributed by atoms with van der Waals surface area (Å²) >= 11 is 0. The predicted molar refractivity (Wildman–Crippen MR) is 81.0 cm³/mol. The minimum absolute atomic E-state index is 0.218. The lowest BCUT2D eigenvalue weighted by molar-refractivity contribution is 0.0571. The first-order chi connectivity index (χ1) is 9.49. The Balaban J connectivity index is 2.04. The van der Waals surface area contributed by atoms with E-state index in [4.69, 9.17) is 4.74 Å². The third-order valence-corrected chi connectivity index (χ3v) is 3.81. The monoisotopic (exact) mass is 275 g/mol. The van der Waals surface area contributed by atoms with Crippen molar-refractivity contribution in [1.29, 1.82) is 0 Å². The maximum atomic E-state index is 12.6. The first kappa shape index (κ1) is 15.2. The van der Waals surface area contributed by atoms with Crippen molar-refractivity contribution >= 4 is 5.78 Å². The van der Waals surface area contributed by atoms with E-state index >= 15 is 0 Å². The summed E-state index contributed by atoms with van der Waals surface area (Å²) in [6.45, 7) is 9.71. The molecule has 0 aliphatic carbocycles. The Morgan fingerprint density at radius 3 is 2.75 bits per heavy atom. The molecule has 0 bridgehead atoms. The molecule has 1 aliphatic heterocycles. The quantitative estimate of drug-likeness (QED) is 0.791. The van der Waals surface area contributed by atoms with Crippen LogP contribution in [0.15, 0.2) is 30.3 Å². The van der Waals surface area contributed by atoms with Gasteiger partial charge in [0.1, 0.15) is 0 Å². The van der Waals surface area contributed by atoms with Crippen molar-refractivity contribution in [2.75, 3.05) is 26.2 Å². The molecule has 110 valence electrons. The van der Waals surface area contributed by atoms with Crippen LogP contribution in [-0.2, 0) is 4.74 Å². The molecule has 1 aliphatic rings. The molecule has 3 heteroatoms. The van der Waals surface area contributed by atoms with Crippen LogP contribution in [0.5, 0.6) is 0 Å². The Morgan fingerprint density at radius 2 is 2.05 bits per heavy atom. The van der Waals surface area contributed by atoms with Crippen LogP contribution >= 0.6 is 0 Å². The molecule has 0 spiro atoms. The fourth-order valence-corrected chi connectivity index (χ4v) is 2.83. The summed E-state index contributed by atoms with van der Waals surface area (Å²) in [5.74, 6) is 0.218. The molecule has 1 aromatic rings. The van der Waals surface area contributed by atoms with Crippen LogP contribution in [0.4, 0.5) is 0 Å². The fraction of sp³-hybridized carbons (Fsp3) is 0.588. The van der Waals surface area contributed by atoms with Crippen LogP contribution in [0.25, 0.3) is 0 Å². The Morgan fingerprint density at radius 1 is 1.35 bits per heavy atom. The highest BCUT2D eigenvalue weighted by Gasteiger charge is 2.31. The predicted octanol–water partition coefficient (Wildman–Crippen LogP) is 3.01. The lowest BCUT2D eigenvalue weighted by Gasteiger charge is -2.31. The molecule has 2 rings (SSSR count). The second kappa shape index (κ2) is 6.51. The first-order valence-electron chi connectivity index (χ1n) is 7.43. The van der Waals surface area contributed by atoms with Gasteiger partial charge in [0.05, 0.1) is 6.10 Å². The van der Waals surface area contributed by atoms with Gasteiger partial charge in [0.25, 0.3) is 0 Å². The Hall–Kier alpha value is -1.19. The van der Waals surface area contributed by atoms with Crippen LogP contribution in [0, 0.1) is 5.41 Å². The van der Waals surface area contributed by atoms with E-state index in [9.17, 15) is 4.79 Å². The highest BCUT2D eigenvalue weighted by Crippen LogP contribution is 2.24. The number of hydrogen-bond donors (Lipinski definition) is 0. The van der Waals surface area contributed by atoms with Crippen molar-refractivity contribution in [2.24, 2.45) is 5.41 Å². The lowest BCUT2D eigenvalue weighted by atomic mass is 9.83. The minimum atomic E-state index is -0.370. The molecule has 1 heterocycles. The molecule has 0 N–H and O–H groups in total. The van der Waals surface area contributed by atoms with E-state index < -0.39 is 0 Å². The van der Waals surface area contributed by atoms with E-state index in [1.807, 2.05) is 44.2 Å². The lowest BCUT2D eigenvalue weighted by Crippen LogP contribution is -2.41. The summed E-state index contributed by atoms with van der Waals surface area (Å²) in [5.41, 5.74) is 0.433.